The number of carbonyl (C=O) groups excluding carboxylic acids is 1. The average Bonchev–Trinajstić information content (AvgIpc) is 3.40. The first-order valence-electron chi connectivity index (χ1n) is 9.03. The molecule has 4 aromatic rings. The van der Waals surface area contributed by atoms with Crippen molar-refractivity contribution in [2.75, 3.05) is 5.32 Å². The van der Waals surface area contributed by atoms with Crippen molar-refractivity contribution in [3.05, 3.63) is 57.5 Å². The van der Waals surface area contributed by atoms with Crippen LogP contribution in [-0.4, -0.2) is 25.7 Å². The lowest BCUT2D eigenvalue weighted by atomic mass is 10.2. The van der Waals surface area contributed by atoms with E-state index in [-0.39, 0.29) is 11.5 Å². The van der Waals surface area contributed by atoms with Gasteiger partial charge in [-0.25, -0.2) is 9.97 Å². The summed E-state index contributed by atoms with van der Waals surface area (Å²) in [5.74, 6) is -0.174. The maximum absolute atomic E-state index is 12.7. The summed E-state index contributed by atoms with van der Waals surface area (Å²) in [7, 11) is 0. The number of nitrogens with zero attached hydrogens (tertiary/aromatic N) is 3. The van der Waals surface area contributed by atoms with Gasteiger partial charge in [0.2, 0.25) is 5.91 Å². The van der Waals surface area contributed by atoms with E-state index in [1.165, 1.54) is 23.1 Å². The largest absolute Gasteiger partial charge is 0.301 e. The standard InChI is InChI=1S/C20H18N4O2S3/c1-3-24-18(26)13-7-4-5-8-14(13)22-20(24)29-12(2)17(25)23-19-21-15(11-28-19)16-9-6-10-27-16/h4-12H,3H2,1-2H3,(H,21,23,25). The SMILES string of the molecule is CCn1c(SC(C)C(=O)Nc2nc(-c3cccs3)cs2)nc2ccccc2c1=O. The predicted molar refractivity (Wildman–Crippen MR) is 121 cm³/mol. The molecule has 1 amide bonds. The highest BCUT2D eigenvalue weighted by Crippen LogP contribution is 2.29. The van der Waals surface area contributed by atoms with Crippen molar-refractivity contribution in [2.24, 2.45) is 0 Å². The van der Waals surface area contributed by atoms with Gasteiger partial charge in [0.15, 0.2) is 10.3 Å². The van der Waals surface area contributed by atoms with Gasteiger partial charge in [0, 0.05) is 11.9 Å². The third-order valence-electron chi connectivity index (χ3n) is 4.30. The van der Waals surface area contributed by atoms with E-state index >= 15 is 0 Å². The molecule has 0 radical (unpaired) electrons. The molecule has 3 aromatic heterocycles. The van der Waals surface area contributed by atoms with Crippen LogP contribution in [0.1, 0.15) is 13.8 Å². The number of nitrogens with one attached hydrogen (secondary N) is 1. The van der Waals surface area contributed by atoms with E-state index in [9.17, 15) is 9.59 Å². The van der Waals surface area contributed by atoms with E-state index in [0.717, 1.165) is 10.6 Å². The minimum Gasteiger partial charge on any atom is -0.301 e. The van der Waals surface area contributed by atoms with Gasteiger partial charge in [-0.05, 0) is 37.4 Å². The molecule has 1 aromatic carbocycles. The molecule has 3 heterocycles. The van der Waals surface area contributed by atoms with Crippen molar-refractivity contribution in [1.82, 2.24) is 14.5 Å². The zero-order chi connectivity index (χ0) is 20.4. The van der Waals surface area contributed by atoms with E-state index < -0.39 is 5.25 Å². The first-order valence-corrected chi connectivity index (χ1v) is 11.7. The molecule has 0 spiro atoms. The van der Waals surface area contributed by atoms with Gasteiger partial charge in [0.25, 0.3) is 5.56 Å². The van der Waals surface area contributed by atoms with Gasteiger partial charge in [-0.2, -0.15) is 0 Å². The number of para-hydroxylation sites is 1. The highest BCUT2D eigenvalue weighted by Gasteiger charge is 2.20. The van der Waals surface area contributed by atoms with Gasteiger partial charge in [0.05, 0.1) is 26.7 Å². The lowest BCUT2D eigenvalue weighted by Crippen LogP contribution is -2.26. The summed E-state index contributed by atoms with van der Waals surface area (Å²) in [6.45, 7) is 4.19. The van der Waals surface area contributed by atoms with Crippen molar-refractivity contribution in [3.8, 4) is 10.6 Å². The van der Waals surface area contributed by atoms with Gasteiger partial charge in [0.1, 0.15) is 0 Å². The summed E-state index contributed by atoms with van der Waals surface area (Å²) in [4.78, 5) is 35.6. The monoisotopic (exact) mass is 442 g/mol. The van der Waals surface area contributed by atoms with Gasteiger partial charge in [-0.15, -0.1) is 22.7 Å². The van der Waals surface area contributed by atoms with Gasteiger partial charge >= 0.3 is 0 Å². The molecular formula is C20H18N4O2S3. The zero-order valence-corrected chi connectivity index (χ0v) is 18.2. The highest BCUT2D eigenvalue weighted by atomic mass is 32.2. The number of carbonyl (C=O) groups is 1. The predicted octanol–water partition coefficient (Wildman–Crippen LogP) is 4.72. The first-order chi connectivity index (χ1) is 14.1. The zero-order valence-electron chi connectivity index (χ0n) is 15.8. The molecule has 1 N–H and O–H groups in total. The summed E-state index contributed by atoms with van der Waals surface area (Å²) >= 11 is 4.28. The fourth-order valence-corrected chi connectivity index (χ4v) is 5.25. The number of aromatic nitrogens is 3. The minimum absolute atomic E-state index is 0.0891. The number of hydrogen-bond donors (Lipinski definition) is 1. The maximum Gasteiger partial charge on any atom is 0.262 e. The Morgan fingerprint density at radius 3 is 2.79 bits per heavy atom. The Bertz CT molecular complexity index is 1210. The van der Waals surface area contributed by atoms with Gasteiger partial charge < -0.3 is 5.32 Å². The Hall–Kier alpha value is -2.49. The molecule has 4 rings (SSSR count). The maximum atomic E-state index is 12.7. The Morgan fingerprint density at radius 1 is 1.21 bits per heavy atom. The number of thiophene rings is 1. The Kier molecular flexibility index (Phi) is 5.79. The van der Waals surface area contributed by atoms with E-state index in [1.807, 2.05) is 48.0 Å². The minimum atomic E-state index is -0.435. The third-order valence-corrected chi connectivity index (χ3v) is 7.04. The highest BCUT2D eigenvalue weighted by molar-refractivity contribution is 8.00. The molecule has 0 fully saturated rings. The summed E-state index contributed by atoms with van der Waals surface area (Å²) in [5.41, 5.74) is 1.41. The normalized spacial score (nSPS) is 12.2. The molecule has 1 unspecified atom stereocenters. The van der Waals surface area contributed by atoms with Crippen LogP contribution in [0.3, 0.4) is 0 Å². The van der Waals surface area contributed by atoms with Crippen molar-refractivity contribution in [1.29, 1.82) is 0 Å². The Balaban J connectivity index is 1.52. The molecule has 148 valence electrons. The Labute approximate surface area is 179 Å². The van der Waals surface area contributed by atoms with Crippen molar-refractivity contribution < 1.29 is 4.79 Å². The quantitative estimate of drug-likeness (QED) is 0.345. The fraction of sp³-hybridized carbons (Fsp3) is 0.200. The lowest BCUT2D eigenvalue weighted by Gasteiger charge is -2.14. The molecule has 0 aliphatic heterocycles. The fourth-order valence-electron chi connectivity index (χ4n) is 2.80. The second-order valence-electron chi connectivity index (χ2n) is 6.23. The van der Waals surface area contributed by atoms with Crippen LogP contribution < -0.4 is 10.9 Å². The van der Waals surface area contributed by atoms with Crippen LogP contribution in [0.4, 0.5) is 5.13 Å². The van der Waals surface area contributed by atoms with Crippen molar-refractivity contribution >= 4 is 56.4 Å². The Morgan fingerprint density at radius 2 is 2.03 bits per heavy atom. The summed E-state index contributed by atoms with van der Waals surface area (Å²) < 4.78 is 1.61. The molecule has 0 bridgehead atoms. The van der Waals surface area contributed by atoms with E-state index in [1.54, 1.807) is 28.9 Å². The van der Waals surface area contributed by atoms with Crippen LogP contribution >= 0.6 is 34.4 Å². The number of rotatable bonds is 6. The molecule has 29 heavy (non-hydrogen) atoms. The van der Waals surface area contributed by atoms with Crippen LogP contribution in [0.2, 0.25) is 0 Å². The molecule has 0 saturated heterocycles. The van der Waals surface area contributed by atoms with E-state index in [0.29, 0.717) is 27.7 Å². The van der Waals surface area contributed by atoms with Gasteiger partial charge in [-0.3, -0.25) is 14.2 Å². The van der Waals surface area contributed by atoms with Crippen LogP contribution in [-0.2, 0) is 11.3 Å². The topological polar surface area (TPSA) is 76.9 Å². The van der Waals surface area contributed by atoms with Crippen molar-refractivity contribution in [2.45, 2.75) is 30.8 Å². The molecule has 6 nitrogen and oxygen atoms in total. The summed E-state index contributed by atoms with van der Waals surface area (Å²) in [6, 6.07) is 11.2. The third kappa shape index (κ3) is 4.12. The first kappa shape index (κ1) is 19.8. The van der Waals surface area contributed by atoms with Crippen LogP contribution in [0, 0.1) is 0 Å². The lowest BCUT2D eigenvalue weighted by molar-refractivity contribution is -0.115. The summed E-state index contributed by atoms with van der Waals surface area (Å²) in [5, 5.41) is 8.04. The number of fused-ring (bicyclic) bond motifs is 1. The average molecular weight is 443 g/mol. The molecular weight excluding hydrogens is 424 g/mol. The van der Waals surface area contributed by atoms with Crippen LogP contribution in [0.25, 0.3) is 21.5 Å². The van der Waals surface area contributed by atoms with E-state index in [2.05, 4.69) is 15.3 Å². The smallest absolute Gasteiger partial charge is 0.262 e. The second-order valence-corrected chi connectivity index (χ2v) is 9.34. The number of amides is 1. The molecule has 0 aliphatic carbocycles. The molecule has 0 aliphatic rings. The van der Waals surface area contributed by atoms with Crippen LogP contribution in [0.15, 0.2) is 57.1 Å². The summed E-state index contributed by atoms with van der Waals surface area (Å²) in [6.07, 6.45) is 0. The second kappa shape index (κ2) is 8.48. The van der Waals surface area contributed by atoms with Gasteiger partial charge in [-0.1, -0.05) is 30.0 Å². The number of hydrogen-bond acceptors (Lipinski definition) is 7. The van der Waals surface area contributed by atoms with Crippen molar-refractivity contribution in [3.63, 3.8) is 0 Å². The number of benzene rings is 1. The number of thioether (sulfide) groups is 1. The van der Waals surface area contributed by atoms with Crippen LogP contribution in [0.5, 0.6) is 0 Å². The molecule has 9 heteroatoms. The number of thiazole rings is 1. The number of anilines is 1. The molecule has 0 saturated carbocycles. The molecule has 1 atom stereocenters. The van der Waals surface area contributed by atoms with E-state index in [4.69, 9.17) is 0 Å².